The van der Waals surface area contributed by atoms with Crippen LogP contribution in [-0.4, -0.2) is 63.2 Å². The fourth-order valence-electron chi connectivity index (χ4n) is 3.29. The summed E-state index contributed by atoms with van der Waals surface area (Å²) in [5.41, 5.74) is 2.84. The van der Waals surface area contributed by atoms with Crippen molar-refractivity contribution in [2.45, 2.75) is 6.54 Å². The molecular weight excluding hydrogens is 366 g/mol. The van der Waals surface area contributed by atoms with Crippen molar-refractivity contribution in [3.8, 4) is 11.5 Å². The maximum atomic E-state index is 12.4. The van der Waals surface area contributed by atoms with Crippen molar-refractivity contribution in [3.63, 3.8) is 0 Å². The molecule has 6 heteroatoms. The smallest absolute Gasteiger partial charge is 0.248 e. The van der Waals surface area contributed by atoms with Gasteiger partial charge in [-0.25, -0.2) is 0 Å². The van der Waals surface area contributed by atoms with Crippen LogP contribution in [0.2, 0.25) is 0 Å². The van der Waals surface area contributed by atoms with Gasteiger partial charge in [0.05, 0.1) is 14.2 Å². The van der Waals surface area contributed by atoms with Gasteiger partial charge < -0.3 is 19.7 Å². The van der Waals surface area contributed by atoms with Crippen LogP contribution in [0.15, 0.2) is 48.5 Å². The second kappa shape index (κ2) is 10.1. The number of amides is 1. The van der Waals surface area contributed by atoms with E-state index in [9.17, 15) is 4.79 Å². The molecule has 0 aliphatic carbocycles. The van der Waals surface area contributed by atoms with Crippen LogP contribution in [-0.2, 0) is 11.3 Å². The van der Waals surface area contributed by atoms with Crippen molar-refractivity contribution in [2.75, 3.05) is 52.8 Å². The first-order chi connectivity index (χ1) is 14.1. The van der Waals surface area contributed by atoms with Crippen molar-refractivity contribution in [1.82, 2.24) is 9.80 Å². The summed E-state index contributed by atoms with van der Waals surface area (Å²) in [4.78, 5) is 17.1. The van der Waals surface area contributed by atoms with E-state index in [4.69, 9.17) is 9.47 Å². The standard InChI is InChI=1S/C23H29N3O3/c1-25-9-11-26(12-10-25)17-19-5-4-6-20(13-19)24-23(27)8-7-18-14-21(28-2)16-22(15-18)29-3/h4-8,13-16H,9-12,17H2,1-3H3,(H,24,27). The fourth-order valence-corrected chi connectivity index (χ4v) is 3.29. The molecule has 29 heavy (non-hydrogen) atoms. The summed E-state index contributed by atoms with van der Waals surface area (Å²) in [7, 11) is 5.36. The number of hydrogen-bond acceptors (Lipinski definition) is 5. The monoisotopic (exact) mass is 395 g/mol. The number of nitrogens with one attached hydrogen (secondary N) is 1. The van der Waals surface area contributed by atoms with Gasteiger partial charge in [-0.2, -0.15) is 0 Å². The quantitative estimate of drug-likeness (QED) is 0.730. The van der Waals surface area contributed by atoms with E-state index in [0.29, 0.717) is 11.5 Å². The van der Waals surface area contributed by atoms with E-state index in [2.05, 4.69) is 28.2 Å². The Labute approximate surface area is 172 Å². The van der Waals surface area contributed by atoms with Gasteiger partial charge in [0.2, 0.25) is 5.91 Å². The molecule has 0 bridgehead atoms. The molecule has 2 aromatic rings. The lowest BCUT2D eigenvalue weighted by atomic mass is 10.1. The Bertz CT molecular complexity index is 836. The normalized spacial score (nSPS) is 15.4. The summed E-state index contributed by atoms with van der Waals surface area (Å²) in [6.45, 7) is 5.23. The van der Waals surface area contributed by atoms with Crippen molar-refractivity contribution in [3.05, 3.63) is 59.7 Å². The Kier molecular flexibility index (Phi) is 7.27. The van der Waals surface area contributed by atoms with E-state index in [-0.39, 0.29) is 5.91 Å². The average Bonchev–Trinajstić information content (AvgIpc) is 2.74. The Hall–Kier alpha value is -2.83. The zero-order valence-corrected chi connectivity index (χ0v) is 17.4. The van der Waals surface area contributed by atoms with Crippen molar-refractivity contribution in [2.24, 2.45) is 0 Å². The van der Waals surface area contributed by atoms with Crippen LogP contribution >= 0.6 is 0 Å². The van der Waals surface area contributed by atoms with Crippen LogP contribution in [0.5, 0.6) is 11.5 Å². The predicted molar refractivity (Wildman–Crippen MR) is 116 cm³/mol. The summed E-state index contributed by atoms with van der Waals surface area (Å²) >= 11 is 0. The van der Waals surface area contributed by atoms with Gasteiger partial charge in [0, 0.05) is 50.6 Å². The molecule has 1 saturated heterocycles. The van der Waals surface area contributed by atoms with Gasteiger partial charge in [-0.3, -0.25) is 9.69 Å². The summed E-state index contributed by atoms with van der Waals surface area (Å²) < 4.78 is 10.5. The molecule has 3 rings (SSSR count). The summed E-state index contributed by atoms with van der Waals surface area (Å²) in [6, 6.07) is 13.5. The molecule has 1 aliphatic rings. The van der Waals surface area contributed by atoms with Gasteiger partial charge in [-0.05, 0) is 48.5 Å². The largest absolute Gasteiger partial charge is 0.497 e. The Morgan fingerprint density at radius 3 is 2.38 bits per heavy atom. The molecule has 0 radical (unpaired) electrons. The third kappa shape index (κ3) is 6.34. The number of likely N-dealkylation sites (N-methyl/N-ethyl adjacent to an activating group) is 1. The van der Waals surface area contributed by atoms with Gasteiger partial charge in [0.15, 0.2) is 0 Å². The zero-order chi connectivity index (χ0) is 20.6. The Morgan fingerprint density at radius 2 is 1.72 bits per heavy atom. The number of piperazine rings is 1. The molecule has 0 aromatic heterocycles. The van der Waals surface area contributed by atoms with Crippen LogP contribution in [0.1, 0.15) is 11.1 Å². The van der Waals surface area contributed by atoms with Crippen molar-refractivity contribution < 1.29 is 14.3 Å². The molecule has 0 atom stereocenters. The summed E-state index contributed by atoms with van der Waals surface area (Å²) in [5, 5.41) is 2.94. The van der Waals surface area contributed by atoms with Gasteiger partial charge in [-0.1, -0.05) is 12.1 Å². The zero-order valence-electron chi connectivity index (χ0n) is 17.4. The lowest BCUT2D eigenvalue weighted by Gasteiger charge is -2.32. The summed E-state index contributed by atoms with van der Waals surface area (Å²) in [5.74, 6) is 1.19. The molecule has 1 aliphatic heterocycles. The van der Waals surface area contributed by atoms with Crippen LogP contribution in [0, 0.1) is 0 Å². The highest BCUT2D eigenvalue weighted by Crippen LogP contribution is 2.23. The van der Waals surface area contributed by atoms with Gasteiger partial charge in [0.25, 0.3) is 0 Å². The topological polar surface area (TPSA) is 54.0 Å². The number of anilines is 1. The molecular formula is C23H29N3O3. The minimum atomic E-state index is -0.177. The molecule has 0 unspecified atom stereocenters. The summed E-state index contributed by atoms with van der Waals surface area (Å²) in [6.07, 6.45) is 3.26. The average molecular weight is 396 g/mol. The number of methoxy groups -OCH3 is 2. The molecule has 0 saturated carbocycles. The third-order valence-electron chi connectivity index (χ3n) is 5.00. The molecule has 0 spiro atoms. The first-order valence-corrected chi connectivity index (χ1v) is 9.77. The number of benzene rings is 2. The molecule has 1 N–H and O–H groups in total. The van der Waals surface area contributed by atoms with Gasteiger partial charge >= 0.3 is 0 Å². The number of nitrogens with zero attached hydrogens (tertiary/aromatic N) is 2. The van der Waals surface area contributed by atoms with E-state index >= 15 is 0 Å². The van der Waals surface area contributed by atoms with E-state index < -0.39 is 0 Å². The maximum Gasteiger partial charge on any atom is 0.248 e. The number of rotatable bonds is 7. The van der Waals surface area contributed by atoms with Crippen molar-refractivity contribution >= 4 is 17.7 Å². The minimum absolute atomic E-state index is 0.177. The molecule has 1 fully saturated rings. The number of hydrogen-bond donors (Lipinski definition) is 1. The second-order valence-corrected chi connectivity index (χ2v) is 7.25. The van der Waals surface area contributed by atoms with Crippen LogP contribution in [0.3, 0.4) is 0 Å². The fraction of sp³-hybridized carbons (Fsp3) is 0.348. The van der Waals surface area contributed by atoms with E-state index in [0.717, 1.165) is 44.0 Å². The highest BCUT2D eigenvalue weighted by atomic mass is 16.5. The number of carbonyl (C=O) groups excluding carboxylic acids is 1. The lowest BCUT2D eigenvalue weighted by molar-refractivity contribution is -0.111. The highest BCUT2D eigenvalue weighted by Gasteiger charge is 2.14. The van der Waals surface area contributed by atoms with E-state index in [1.54, 1.807) is 26.4 Å². The molecule has 2 aromatic carbocycles. The number of ether oxygens (including phenoxy) is 2. The van der Waals surface area contributed by atoms with Crippen molar-refractivity contribution in [1.29, 1.82) is 0 Å². The number of carbonyl (C=O) groups is 1. The molecule has 1 amide bonds. The predicted octanol–water partition coefficient (Wildman–Crippen LogP) is 3.10. The second-order valence-electron chi connectivity index (χ2n) is 7.25. The van der Waals surface area contributed by atoms with E-state index in [1.807, 2.05) is 30.3 Å². The molecule has 6 nitrogen and oxygen atoms in total. The van der Waals surface area contributed by atoms with E-state index in [1.165, 1.54) is 11.6 Å². The lowest BCUT2D eigenvalue weighted by Crippen LogP contribution is -2.43. The van der Waals surface area contributed by atoms with Crippen LogP contribution in [0.25, 0.3) is 6.08 Å². The Morgan fingerprint density at radius 1 is 1.03 bits per heavy atom. The maximum absolute atomic E-state index is 12.4. The molecule has 1 heterocycles. The Balaban J connectivity index is 1.60. The SMILES string of the molecule is COc1cc(C=CC(=O)Nc2cccc(CN3CCN(C)CC3)c2)cc(OC)c1. The minimum Gasteiger partial charge on any atom is -0.497 e. The highest BCUT2D eigenvalue weighted by molar-refractivity contribution is 6.02. The molecule has 154 valence electrons. The van der Waals surface area contributed by atoms with Crippen LogP contribution in [0.4, 0.5) is 5.69 Å². The first-order valence-electron chi connectivity index (χ1n) is 9.77. The van der Waals surface area contributed by atoms with Gasteiger partial charge in [0.1, 0.15) is 11.5 Å². The van der Waals surface area contributed by atoms with Crippen LogP contribution < -0.4 is 14.8 Å². The third-order valence-corrected chi connectivity index (χ3v) is 5.00. The first kappa shape index (κ1) is 20.9. The van der Waals surface area contributed by atoms with Gasteiger partial charge in [-0.15, -0.1) is 0 Å².